The Bertz CT molecular complexity index is 1230. The van der Waals surface area contributed by atoms with Crippen molar-refractivity contribution < 1.29 is 26.4 Å². The predicted molar refractivity (Wildman–Crippen MR) is 122 cm³/mol. The number of rotatable bonds is 6. The number of nitrogens with one attached hydrogen (secondary N) is 2. The molecule has 0 radical (unpaired) electrons. The maximum Gasteiger partial charge on any atom is 0.332 e. The van der Waals surface area contributed by atoms with Crippen molar-refractivity contribution in [2.45, 2.75) is 34.4 Å². The van der Waals surface area contributed by atoms with Gasteiger partial charge in [0.25, 0.3) is 20.0 Å². The largest absolute Gasteiger partial charge is 0.332 e. The Hall–Kier alpha value is -2.77. The lowest BCUT2D eigenvalue weighted by Crippen LogP contribution is -2.35. The molecule has 2 aromatic rings. The third kappa shape index (κ3) is 5.42. The average molecular weight is 511 g/mol. The zero-order valence-corrected chi connectivity index (χ0v) is 20.2. The van der Waals surface area contributed by atoms with Crippen molar-refractivity contribution in [2.24, 2.45) is 0 Å². The van der Waals surface area contributed by atoms with Crippen LogP contribution in [0.3, 0.4) is 0 Å². The number of aryl methyl sites for hydroxylation is 2. The van der Waals surface area contributed by atoms with Crippen molar-refractivity contribution >= 4 is 43.9 Å². The number of nitrogens with zero attached hydrogens (tertiary/aromatic N) is 2. The lowest BCUT2D eigenvalue weighted by Gasteiger charge is -2.10. The number of benzene rings is 2. The van der Waals surface area contributed by atoms with Gasteiger partial charge in [-0.25, -0.2) is 35.9 Å². The first-order chi connectivity index (χ1) is 15.5. The molecule has 176 valence electrons. The fraction of sp³-hybridized carbons (Fsp3) is 0.300. The second kappa shape index (κ2) is 8.54. The molecule has 4 rings (SSSR count). The molecule has 10 nitrogen and oxygen atoms in total. The molecule has 2 heterocycles. The van der Waals surface area contributed by atoms with E-state index >= 15 is 0 Å². The van der Waals surface area contributed by atoms with E-state index in [-0.39, 0.29) is 20.5 Å². The van der Waals surface area contributed by atoms with Gasteiger partial charge in [0.1, 0.15) is 0 Å². The minimum Gasteiger partial charge on any atom is -0.307 e. The number of thioether (sulfide) groups is 1. The average Bonchev–Trinajstić information content (AvgIpc) is 3.64. The molecule has 33 heavy (non-hydrogen) atoms. The van der Waals surface area contributed by atoms with Gasteiger partial charge in [-0.15, -0.1) is 11.8 Å². The molecule has 0 bridgehead atoms. The quantitative estimate of drug-likeness (QED) is 0.567. The van der Waals surface area contributed by atoms with Crippen LogP contribution in [0.1, 0.15) is 11.1 Å². The molecular weight excluding hydrogens is 488 g/mol. The Morgan fingerprint density at radius 3 is 1.55 bits per heavy atom. The Morgan fingerprint density at radius 1 is 0.788 bits per heavy atom. The van der Waals surface area contributed by atoms with E-state index in [1.807, 2.05) is 9.44 Å². The summed E-state index contributed by atoms with van der Waals surface area (Å²) in [6, 6.07) is 11.0. The van der Waals surface area contributed by atoms with Gasteiger partial charge in [-0.1, -0.05) is 24.3 Å². The summed E-state index contributed by atoms with van der Waals surface area (Å²) >= 11 is 1.29. The van der Waals surface area contributed by atoms with Gasteiger partial charge in [-0.05, 0) is 49.2 Å². The summed E-state index contributed by atoms with van der Waals surface area (Å²) in [5.74, 6) is 0. The van der Waals surface area contributed by atoms with E-state index in [4.69, 9.17) is 0 Å². The van der Waals surface area contributed by atoms with Crippen molar-refractivity contribution in [2.75, 3.05) is 13.1 Å². The van der Waals surface area contributed by atoms with Gasteiger partial charge < -0.3 is 9.80 Å². The molecule has 2 saturated heterocycles. The van der Waals surface area contributed by atoms with E-state index in [1.54, 1.807) is 38.1 Å². The number of sulfonamides is 2. The van der Waals surface area contributed by atoms with Gasteiger partial charge in [0.15, 0.2) is 0 Å². The summed E-state index contributed by atoms with van der Waals surface area (Å²) in [6.07, 6.45) is 0. The molecule has 0 saturated carbocycles. The molecule has 0 aliphatic carbocycles. The van der Waals surface area contributed by atoms with Crippen molar-refractivity contribution in [3.63, 3.8) is 0 Å². The number of amides is 4. The molecule has 2 aliphatic rings. The van der Waals surface area contributed by atoms with Crippen LogP contribution in [0.5, 0.6) is 0 Å². The van der Waals surface area contributed by atoms with E-state index in [0.717, 1.165) is 11.1 Å². The smallest absolute Gasteiger partial charge is 0.307 e. The minimum atomic E-state index is -3.99. The molecule has 4 amide bonds. The fourth-order valence-electron chi connectivity index (χ4n) is 3.11. The third-order valence-electron chi connectivity index (χ3n) is 5.01. The molecule has 0 spiro atoms. The van der Waals surface area contributed by atoms with Gasteiger partial charge >= 0.3 is 12.1 Å². The second-order valence-corrected chi connectivity index (χ2v) is 12.5. The number of urea groups is 2. The zero-order valence-electron chi connectivity index (χ0n) is 17.8. The van der Waals surface area contributed by atoms with Crippen LogP contribution in [0, 0.1) is 13.8 Å². The van der Waals surface area contributed by atoms with Crippen molar-refractivity contribution in [1.29, 1.82) is 0 Å². The Morgan fingerprint density at radius 2 is 1.18 bits per heavy atom. The van der Waals surface area contributed by atoms with E-state index in [2.05, 4.69) is 0 Å². The Kier molecular flexibility index (Phi) is 6.05. The summed E-state index contributed by atoms with van der Waals surface area (Å²) in [7, 11) is -7.98. The van der Waals surface area contributed by atoms with Crippen LogP contribution in [-0.2, 0) is 20.0 Å². The number of carbonyl (C=O) groups excluding carboxylic acids is 2. The SMILES string of the molecule is Cc1cccc(S(=O)(=O)NC(=O)N2CC2SC2CN2C(=O)NS(=O)(=O)c2cccc(C)c2)c1. The van der Waals surface area contributed by atoms with Gasteiger partial charge in [-0.3, -0.25) is 0 Å². The summed E-state index contributed by atoms with van der Waals surface area (Å²) in [5.41, 5.74) is 1.50. The molecule has 2 atom stereocenters. The van der Waals surface area contributed by atoms with Crippen LogP contribution < -0.4 is 9.44 Å². The van der Waals surface area contributed by atoms with E-state index in [9.17, 15) is 26.4 Å². The van der Waals surface area contributed by atoms with Crippen LogP contribution >= 0.6 is 11.8 Å². The first-order valence-electron chi connectivity index (χ1n) is 9.92. The highest BCUT2D eigenvalue weighted by atomic mass is 32.2. The summed E-state index contributed by atoms with van der Waals surface area (Å²) < 4.78 is 53.7. The minimum absolute atomic E-state index is 0.00163. The molecule has 2 aromatic carbocycles. The third-order valence-corrected chi connectivity index (χ3v) is 9.08. The lowest BCUT2D eigenvalue weighted by atomic mass is 10.2. The van der Waals surface area contributed by atoms with Crippen LogP contribution in [0.25, 0.3) is 0 Å². The first-order valence-corrected chi connectivity index (χ1v) is 13.8. The van der Waals surface area contributed by atoms with E-state index < -0.39 is 32.1 Å². The number of carbonyl (C=O) groups is 2. The molecule has 0 aromatic heterocycles. The van der Waals surface area contributed by atoms with E-state index in [1.165, 1.54) is 45.8 Å². The molecule has 2 fully saturated rings. The van der Waals surface area contributed by atoms with Gasteiger partial charge in [0, 0.05) is 0 Å². The highest BCUT2D eigenvalue weighted by Gasteiger charge is 2.49. The van der Waals surface area contributed by atoms with Crippen molar-refractivity contribution in [3.05, 3.63) is 59.7 Å². The topological polar surface area (TPSA) is 132 Å². The van der Waals surface area contributed by atoms with Crippen LogP contribution in [0.4, 0.5) is 9.59 Å². The standard InChI is InChI=1S/C20H22N4O6S3/c1-13-5-3-7-15(9-13)32(27,28)21-19(25)23-11-17(23)31-18-12-24(18)20(26)22-33(29,30)16-8-4-6-14(2)10-16/h3-10,17-18H,11-12H2,1-2H3,(H,21,25)(H,22,26). The highest BCUT2D eigenvalue weighted by molar-refractivity contribution is 8.01. The monoisotopic (exact) mass is 510 g/mol. The maximum absolute atomic E-state index is 12.4. The van der Waals surface area contributed by atoms with E-state index in [0.29, 0.717) is 13.1 Å². The van der Waals surface area contributed by atoms with Crippen LogP contribution in [0.15, 0.2) is 58.3 Å². The fourth-order valence-corrected chi connectivity index (χ4v) is 6.58. The summed E-state index contributed by atoms with van der Waals surface area (Å²) in [4.78, 5) is 27.3. The normalized spacial score (nSPS) is 19.7. The second-order valence-electron chi connectivity index (χ2n) is 7.80. The molecular formula is C20H22N4O6S3. The van der Waals surface area contributed by atoms with Crippen molar-refractivity contribution in [3.8, 4) is 0 Å². The molecule has 2 N–H and O–H groups in total. The highest BCUT2D eigenvalue weighted by Crippen LogP contribution is 2.40. The molecule has 2 unspecified atom stereocenters. The zero-order chi connectivity index (χ0) is 24.0. The maximum atomic E-state index is 12.4. The molecule has 2 aliphatic heterocycles. The molecule has 13 heteroatoms. The lowest BCUT2D eigenvalue weighted by molar-refractivity contribution is 0.234. The Labute approximate surface area is 196 Å². The predicted octanol–water partition coefficient (Wildman–Crippen LogP) is 1.82. The van der Waals surface area contributed by atoms with Gasteiger partial charge in [-0.2, -0.15) is 0 Å². The van der Waals surface area contributed by atoms with Gasteiger partial charge in [0.2, 0.25) is 0 Å². The van der Waals surface area contributed by atoms with Crippen LogP contribution in [-0.4, -0.2) is 62.5 Å². The summed E-state index contributed by atoms with van der Waals surface area (Å²) in [6.45, 7) is 4.16. The number of hydrogen-bond donors (Lipinski definition) is 2. The van der Waals surface area contributed by atoms with Crippen LogP contribution in [0.2, 0.25) is 0 Å². The van der Waals surface area contributed by atoms with Gasteiger partial charge in [0.05, 0.1) is 33.6 Å². The number of hydrogen-bond acceptors (Lipinski definition) is 7. The Balaban J connectivity index is 1.27. The van der Waals surface area contributed by atoms with Crippen molar-refractivity contribution in [1.82, 2.24) is 19.2 Å². The summed E-state index contributed by atoms with van der Waals surface area (Å²) in [5, 5.41) is -0.595. The first kappa shape index (κ1) is 23.4.